The highest BCUT2D eigenvalue weighted by molar-refractivity contribution is 5.87. The molecule has 0 spiro atoms. The quantitative estimate of drug-likeness (QED) is 0.646. The number of nitrogens with zero attached hydrogens (tertiary/aromatic N) is 2. The van der Waals surface area contributed by atoms with Crippen LogP contribution in [0.4, 0.5) is 10.1 Å². The highest BCUT2D eigenvalue weighted by Gasteiger charge is 2.15. The summed E-state index contributed by atoms with van der Waals surface area (Å²) >= 11 is 0. The molecule has 2 heterocycles. The molecule has 0 radical (unpaired) electrons. The molecule has 1 N–H and O–H groups in total. The van der Waals surface area contributed by atoms with E-state index in [1.165, 1.54) is 28.8 Å². The summed E-state index contributed by atoms with van der Waals surface area (Å²) < 4.78 is 20.9. The molecule has 3 aromatic rings. The summed E-state index contributed by atoms with van der Waals surface area (Å²) in [5.74, 6) is -0.234. The van der Waals surface area contributed by atoms with Crippen molar-refractivity contribution in [2.45, 2.75) is 33.9 Å². The maximum Gasteiger partial charge on any atom is 0.123 e. The number of aromatic nitrogens is 2. The molecular weight excluding hydrogens is 317 g/mol. The van der Waals surface area contributed by atoms with Crippen LogP contribution in [0.3, 0.4) is 0 Å². The largest absolute Gasteiger partial charge is 0.380 e. The number of hydrogen-bond acceptors (Lipinski definition) is 3. The number of ether oxygens (including phenoxy) is 1. The lowest BCUT2D eigenvalue weighted by molar-refractivity contribution is 0.139. The average Bonchev–Trinajstić information content (AvgIpc) is 2.87. The van der Waals surface area contributed by atoms with Crippen LogP contribution in [-0.4, -0.2) is 22.8 Å². The van der Waals surface area contributed by atoms with Crippen LogP contribution in [0.5, 0.6) is 0 Å². The Hall–Kier alpha value is -2.40. The number of rotatable bonds is 7. The van der Waals surface area contributed by atoms with Crippen LogP contribution in [0.25, 0.3) is 10.9 Å². The van der Waals surface area contributed by atoms with Crippen LogP contribution in [0.1, 0.15) is 23.9 Å². The molecule has 0 aliphatic rings. The fourth-order valence-corrected chi connectivity index (χ4v) is 3.13. The zero-order valence-corrected chi connectivity index (χ0v) is 15.0. The molecule has 5 heteroatoms. The highest BCUT2D eigenvalue weighted by atomic mass is 19.1. The lowest BCUT2D eigenvalue weighted by atomic mass is 10.1. The summed E-state index contributed by atoms with van der Waals surface area (Å²) in [5.41, 5.74) is 5.52. The van der Waals surface area contributed by atoms with Gasteiger partial charge in [0.2, 0.25) is 0 Å². The molecule has 0 aliphatic heterocycles. The van der Waals surface area contributed by atoms with Crippen molar-refractivity contribution in [3.8, 4) is 0 Å². The van der Waals surface area contributed by atoms with Crippen molar-refractivity contribution in [2.75, 3.05) is 18.5 Å². The normalized spacial score (nSPS) is 11.2. The Balaban J connectivity index is 1.91. The first-order valence-electron chi connectivity index (χ1n) is 8.62. The average molecular weight is 341 g/mol. The molecule has 0 aliphatic carbocycles. The van der Waals surface area contributed by atoms with Crippen molar-refractivity contribution in [1.82, 2.24) is 9.55 Å². The molecule has 2 aromatic heterocycles. The summed E-state index contributed by atoms with van der Waals surface area (Å²) in [6.07, 6.45) is 1.85. The fraction of sp³-hybridized carbons (Fsp3) is 0.350. The van der Waals surface area contributed by atoms with Crippen molar-refractivity contribution >= 4 is 16.6 Å². The van der Waals surface area contributed by atoms with Crippen molar-refractivity contribution < 1.29 is 9.13 Å². The topological polar surface area (TPSA) is 39.1 Å². The monoisotopic (exact) mass is 341 g/mol. The fourth-order valence-electron chi connectivity index (χ4n) is 3.13. The summed E-state index contributed by atoms with van der Waals surface area (Å²) in [6.45, 7) is 9.07. The standard InChI is InChI=1S/C20H24FN3O/c1-4-25-12-11-24-15(3)14(2)18-9-10-22-19(20(18)24)13-23-17-7-5-16(21)6-8-17/h5-10,23H,4,11-13H2,1-3H3. The van der Waals surface area contributed by atoms with E-state index in [0.717, 1.165) is 23.4 Å². The molecule has 4 nitrogen and oxygen atoms in total. The third-order valence-electron chi connectivity index (χ3n) is 4.59. The summed E-state index contributed by atoms with van der Waals surface area (Å²) in [7, 11) is 0. The third kappa shape index (κ3) is 3.66. The van der Waals surface area contributed by atoms with E-state index in [-0.39, 0.29) is 5.82 Å². The number of pyridine rings is 1. The van der Waals surface area contributed by atoms with E-state index >= 15 is 0 Å². The van der Waals surface area contributed by atoms with E-state index in [9.17, 15) is 4.39 Å². The van der Waals surface area contributed by atoms with Gasteiger partial charge in [0.25, 0.3) is 0 Å². The molecule has 1 aromatic carbocycles. The maximum atomic E-state index is 13.1. The van der Waals surface area contributed by atoms with Crippen LogP contribution >= 0.6 is 0 Å². The second-order valence-corrected chi connectivity index (χ2v) is 6.07. The number of fused-ring (bicyclic) bond motifs is 1. The Morgan fingerprint density at radius 2 is 1.92 bits per heavy atom. The first-order valence-corrected chi connectivity index (χ1v) is 8.62. The molecule has 0 amide bonds. The maximum absolute atomic E-state index is 13.1. The molecule has 132 valence electrons. The summed E-state index contributed by atoms with van der Waals surface area (Å²) in [5, 5.41) is 4.55. The van der Waals surface area contributed by atoms with Gasteiger partial charge in [-0.3, -0.25) is 4.98 Å². The Kier molecular flexibility index (Phi) is 5.34. The van der Waals surface area contributed by atoms with Crippen LogP contribution in [0.2, 0.25) is 0 Å². The molecule has 3 rings (SSSR count). The van der Waals surface area contributed by atoms with E-state index in [4.69, 9.17) is 4.74 Å². The summed E-state index contributed by atoms with van der Waals surface area (Å²) in [6, 6.07) is 8.45. The SMILES string of the molecule is CCOCCn1c(C)c(C)c2ccnc(CNc3ccc(F)cc3)c21. The van der Waals surface area contributed by atoms with Gasteiger partial charge in [0.05, 0.1) is 24.4 Å². The molecule has 0 fully saturated rings. The van der Waals surface area contributed by atoms with Gasteiger partial charge in [-0.2, -0.15) is 0 Å². The molecule has 0 atom stereocenters. The number of halogens is 1. The van der Waals surface area contributed by atoms with Gasteiger partial charge in [0.1, 0.15) is 5.82 Å². The smallest absolute Gasteiger partial charge is 0.123 e. The lowest BCUT2D eigenvalue weighted by Gasteiger charge is -2.12. The first-order chi connectivity index (χ1) is 12.1. The number of hydrogen-bond donors (Lipinski definition) is 1. The van der Waals surface area contributed by atoms with Crippen molar-refractivity contribution in [1.29, 1.82) is 0 Å². The Labute approximate surface area is 147 Å². The summed E-state index contributed by atoms with van der Waals surface area (Å²) in [4.78, 5) is 4.58. The van der Waals surface area contributed by atoms with Gasteiger partial charge in [-0.25, -0.2) is 4.39 Å². The third-order valence-corrected chi connectivity index (χ3v) is 4.59. The predicted octanol–water partition coefficient (Wildman–Crippen LogP) is 4.44. The zero-order valence-electron chi connectivity index (χ0n) is 15.0. The van der Waals surface area contributed by atoms with E-state index in [0.29, 0.717) is 19.8 Å². The molecule has 0 unspecified atom stereocenters. The van der Waals surface area contributed by atoms with Gasteiger partial charge in [-0.15, -0.1) is 0 Å². The Morgan fingerprint density at radius 1 is 1.16 bits per heavy atom. The van der Waals surface area contributed by atoms with Gasteiger partial charge >= 0.3 is 0 Å². The Bertz CT molecular complexity index is 855. The van der Waals surface area contributed by atoms with E-state index in [2.05, 4.69) is 34.8 Å². The van der Waals surface area contributed by atoms with Gasteiger partial charge in [0, 0.05) is 36.1 Å². The molecule has 0 saturated heterocycles. The van der Waals surface area contributed by atoms with Gasteiger partial charge in [0.15, 0.2) is 0 Å². The van der Waals surface area contributed by atoms with Crippen molar-refractivity contribution in [3.63, 3.8) is 0 Å². The second kappa shape index (κ2) is 7.66. The van der Waals surface area contributed by atoms with E-state index < -0.39 is 0 Å². The molecule has 25 heavy (non-hydrogen) atoms. The minimum Gasteiger partial charge on any atom is -0.380 e. The van der Waals surface area contributed by atoms with Crippen LogP contribution < -0.4 is 5.32 Å². The number of anilines is 1. The van der Waals surface area contributed by atoms with Gasteiger partial charge < -0.3 is 14.6 Å². The number of aryl methyl sites for hydroxylation is 1. The Morgan fingerprint density at radius 3 is 2.64 bits per heavy atom. The van der Waals surface area contributed by atoms with E-state index in [1.807, 2.05) is 13.1 Å². The lowest BCUT2D eigenvalue weighted by Crippen LogP contribution is -2.10. The zero-order chi connectivity index (χ0) is 17.8. The number of benzene rings is 1. The van der Waals surface area contributed by atoms with Crippen LogP contribution in [0, 0.1) is 19.7 Å². The van der Waals surface area contributed by atoms with Gasteiger partial charge in [-0.05, 0) is 56.7 Å². The van der Waals surface area contributed by atoms with Crippen LogP contribution in [-0.2, 0) is 17.8 Å². The van der Waals surface area contributed by atoms with Crippen molar-refractivity contribution in [2.24, 2.45) is 0 Å². The van der Waals surface area contributed by atoms with Crippen molar-refractivity contribution in [3.05, 3.63) is 59.3 Å². The molecular formula is C20H24FN3O. The van der Waals surface area contributed by atoms with E-state index in [1.54, 1.807) is 12.1 Å². The number of nitrogens with one attached hydrogen (secondary N) is 1. The second-order valence-electron chi connectivity index (χ2n) is 6.07. The van der Waals surface area contributed by atoms with Gasteiger partial charge in [-0.1, -0.05) is 0 Å². The molecule has 0 bridgehead atoms. The minimum absolute atomic E-state index is 0.234. The predicted molar refractivity (Wildman–Crippen MR) is 99.4 cm³/mol. The van der Waals surface area contributed by atoms with Crippen LogP contribution in [0.15, 0.2) is 36.5 Å². The minimum atomic E-state index is -0.234. The first kappa shape index (κ1) is 17.4. The molecule has 0 saturated carbocycles. The highest BCUT2D eigenvalue weighted by Crippen LogP contribution is 2.27.